The molecule has 3 aromatic carbocycles. The maximum Gasteiger partial charge on any atom is 0.266 e. The van der Waals surface area contributed by atoms with Gasteiger partial charge in [-0.3, -0.25) is 14.2 Å². The Morgan fingerprint density at radius 3 is 2.46 bits per heavy atom. The molecule has 1 fully saturated rings. The molecule has 0 radical (unpaired) electrons. The van der Waals surface area contributed by atoms with Crippen molar-refractivity contribution in [2.75, 3.05) is 18.8 Å². The summed E-state index contributed by atoms with van der Waals surface area (Å²) < 4.78 is 29.1. The van der Waals surface area contributed by atoms with Gasteiger partial charge in [-0.1, -0.05) is 30.0 Å². The van der Waals surface area contributed by atoms with Crippen molar-refractivity contribution in [3.63, 3.8) is 0 Å². The first kappa shape index (κ1) is 25.0. The van der Waals surface area contributed by atoms with Crippen molar-refractivity contribution in [2.24, 2.45) is 0 Å². The van der Waals surface area contributed by atoms with E-state index < -0.39 is 21.3 Å². The molecule has 1 saturated heterocycles. The minimum absolute atomic E-state index is 0.0820. The van der Waals surface area contributed by atoms with Crippen molar-refractivity contribution >= 4 is 38.5 Å². The predicted octanol–water partition coefficient (Wildman–Crippen LogP) is 3.56. The molecule has 2 heterocycles. The number of aromatic nitrogens is 2. The van der Waals surface area contributed by atoms with Crippen LogP contribution in [0.3, 0.4) is 0 Å². The Kier molecular flexibility index (Phi) is 6.76. The van der Waals surface area contributed by atoms with E-state index in [1.54, 1.807) is 36.4 Å². The number of Topliss-reactive ketones (excluding diaryl/α,β-unsaturated/α-hetero) is 1. The Hall–Kier alpha value is -3.67. The molecule has 0 unspecified atom stereocenters. The third-order valence-corrected chi connectivity index (χ3v) is 8.99. The summed E-state index contributed by atoms with van der Waals surface area (Å²) in [5.74, 6) is -1.20. The molecule has 9 nitrogen and oxygen atoms in total. The van der Waals surface area contributed by atoms with Crippen molar-refractivity contribution in [1.82, 2.24) is 13.9 Å². The molecule has 37 heavy (non-hydrogen) atoms. The van der Waals surface area contributed by atoms with Crippen LogP contribution in [0.4, 0.5) is 0 Å². The maximum absolute atomic E-state index is 13.6. The number of phenols is 2. The quantitative estimate of drug-likeness (QED) is 0.158. The molecule has 0 amide bonds. The van der Waals surface area contributed by atoms with Crippen LogP contribution in [0.5, 0.6) is 11.5 Å². The van der Waals surface area contributed by atoms with Gasteiger partial charge in [0.1, 0.15) is 0 Å². The van der Waals surface area contributed by atoms with Gasteiger partial charge in [0.05, 0.1) is 27.2 Å². The first-order valence-corrected chi connectivity index (χ1v) is 14.0. The van der Waals surface area contributed by atoms with E-state index in [9.17, 15) is 28.2 Å². The Bertz CT molecular complexity index is 1680. The number of ketones is 1. The summed E-state index contributed by atoms with van der Waals surface area (Å²) in [6.07, 6.45) is 1.61. The molecule has 5 rings (SSSR count). The molecular weight excluding hydrogens is 514 g/mol. The standard InChI is InChI=1S/C26H23N3O6S2/c30-22-11-10-17(14-23(22)31)24(32)16-36-26-27-21-9-2-1-8-20(21)25(33)29(26)18-6-5-7-19(15-18)37(34,35)28-12-3-4-13-28/h1-2,5-11,14-15,30-31H,3-4,12-13,16H2. The Balaban J connectivity index is 1.56. The number of phenolic OH excluding ortho intramolecular Hbond substituents is 2. The Morgan fingerprint density at radius 1 is 0.946 bits per heavy atom. The average Bonchev–Trinajstić information content (AvgIpc) is 3.45. The number of rotatable bonds is 7. The molecule has 2 N–H and O–H groups in total. The second-order valence-electron chi connectivity index (χ2n) is 8.58. The van der Waals surface area contributed by atoms with Crippen LogP contribution in [-0.2, 0) is 10.0 Å². The van der Waals surface area contributed by atoms with Gasteiger partial charge in [-0.25, -0.2) is 13.4 Å². The van der Waals surface area contributed by atoms with E-state index in [-0.39, 0.29) is 32.9 Å². The minimum atomic E-state index is -3.71. The third-order valence-electron chi connectivity index (χ3n) is 6.15. The number of sulfonamides is 1. The first-order chi connectivity index (χ1) is 17.8. The normalized spacial score (nSPS) is 14.3. The summed E-state index contributed by atoms with van der Waals surface area (Å²) >= 11 is 1.02. The minimum Gasteiger partial charge on any atom is -0.504 e. The molecule has 0 atom stereocenters. The van der Waals surface area contributed by atoms with Crippen LogP contribution in [0.2, 0.25) is 0 Å². The molecular formula is C26H23N3O6S2. The van der Waals surface area contributed by atoms with Gasteiger partial charge in [-0.15, -0.1) is 0 Å². The predicted molar refractivity (Wildman–Crippen MR) is 140 cm³/mol. The van der Waals surface area contributed by atoms with Gasteiger partial charge in [-0.05, 0) is 61.4 Å². The van der Waals surface area contributed by atoms with E-state index in [1.807, 2.05) is 0 Å². The molecule has 1 aliphatic rings. The maximum atomic E-state index is 13.6. The van der Waals surface area contributed by atoms with Crippen molar-refractivity contribution in [2.45, 2.75) is 22.9 Å². The number of hydrogen-bond donors (Lipinski definition) is 2. The highest BCUT2D eigenvalue weighted by molar-refractivity contribution is 7.99. The van der Waals surface area contributed by atoms with Gasteiger partial charge in [0.2, 0.25) is 10.0 Å². The van der Waals surface area contributed by atoms with Crippen molar-refractivity contribution in [3.8, 4) is 17.2 Å². The summed E-state index contributed by atoms with van der Waals surface area (Å²) in [4.78, 5) is 31.1. The molecule has 11 heteroatoms. The summed E-state index contributed by atoms with van der Waals surface area (Å²) in [5, 5.41) is 19.8. The van der Waals surface area contributed by atoms with Crippen LogP contribution in [0.15, 0.2) is 81.6 Å². The fraction of sp³-hybridized carbons (Fsp3) is 0.192. The number of aromatic hydroxyl groups is 2. The lowest BCUT2D eigenvalue weighted by atomic mass is 10.1. The number of para-hydroxylation sites is 1. The number of hydrogen-bond acceptors (Lipinski definition) is 8. The fourth-order valence-corrected chi connectivity index (χ4v) is 6.67. The smallest absolute Gasteiger partial charge is 0.266 e. The summed E-state index contributed by atoms with van der Waals surface area (Å²) in [6, 6.07) is 16.8. The lowest BCUT2D eigenvalue weighted by Crippen LogP contribution is -2.28. The topological polar surface area (TPSA) is 130 Å². The zero-order valence-corrected chi connectivity index (χ0v) is 21.2. The average molecular weight is 538 g/mol. The molecule has 0 bridgehead atoms. The van der Waals surface area contributed by atoms with Gasteiger partial charge in [0.15, 0.2) is 22.4 Å². The highest BCUT2D eigenvalue weighted by atomic mass is 32.2. The van der Waals surface area contributed by atoms with E-state index in [1.165, 1.54) is 39.2 Å². The summed E-state index contributed by atoms with van der Waals surface area (Å²) in [7, 11) is -3.71. The first-order valence-electron chi connectivity index (χ1n) is 11.6. The van der Waals surface area contributed by atoms with Crippen molar-refractivity contribution in [1.29, 1.82) is 0 Å². The van der Waals surface area contributed by atoms with Gasteiger partial charge >= 0.3 is 0 Å². The van der Waals surface area contributed by atoms with Crippen molar-refractivity contribution < 1.29 is 23.4 Å². The molecule has 1 aromatic heterocycles. The Labute approximate surface area is 217 Å². The van der Waals surface area contributed by atoms with Crippen LogP contribution >= 0.6 is 11.8 Å². The zero-order chi connectivity index (χ0) is 26.2. The largest absolute Gasteiger partial charge is 0.504 e. The number of benzene rings is 3. The molecule has 190 valence electrons. The van der Waals surface area contributed by atoms with E-state index in [0.717, 1.165) is 24.6 Å². The fourth-order valence-electron chi connectivity index (χ4n) is 4.21. The van der Waals surface area contributed by atoms with Gasteiger partial charge in [0.25, 0.3) is 5.56 Å². The Morgan fingerprint density at radius 2 is 1.70 bits per heavy atom. The lowest BCUT2D eigenvalue weighted by Gasteiger charge is -2.17. The van der Waals surface area contributed by atoms with Crippen molar-refractivity contribution in [3.05, 3.63) is 82.6 Å². The third kappa shape index (κ3) is 4.85. The second kappa shape index (κ2) is 10.0. The van der Waals surface area contributed by atoms with Crippen LogP contribution in [-0.4, -0.2) is 57.1 Å². The lowest BCUT2D eigenvalue weighted by molar-refractivity contribution is 0.102. The molecule has 1 aliphatic heterocycles. The number of carbonyl (C=O) groups is 1. The van der Waals surface area contributed by atoms with E-state index >= 15 is 0 Å². The second-order valence-corrected chi connectivity index (χ2v) is 11.5. The molecule has 4 aromatic rings. The zero-order valence-electron chi connectivity index (χ0n) is 19.6. The van der Waals surface area contributed by atoms with Crippen LogP contribution in [0.25, 0.3) is 16.6 Å². The van der Waals surface area contributed by atoms with E-state index in [2.05, 4.69) is 4.98 Å². The molecule has 0 aliphatic carbocycles. The number of carbonyl (C=O) groups excluding carboxylic acids is 1. The van der Waals surface area contributed by atoms with E-state index in [0.29, 0.717) is 29.7 Å². The van der Waals surface area contributed by atoms with Crippen LogP contribution in [0.1, 0.15) is 23.2 Å². The van der Waals surface area contributed by atoms with E-state index in [4.69, 9.17) is 0 Å². The molecule has 0 spiro atoms. The van der Waals surface area contributed by atoms with Gasteiger partial charge in [-0.2, -0.15) is 4.31 Å². The van der Waals surface area contributed by atoms with Gasteiger partial charge < -0.3 is 10.2 Å². The SMILES string of the molecule is O=C(CSc1nc2ccccc2c(=O)n1-c1cccc(S(=O)(=O)N2CCCC2)c1)c1ccc(O)c(O)c1. The van der Waals surface area contributed by atoms with Crippen LogP contribution in [0, 0.1) is 0 Å². The number of nitrogens with zero attached hydrogens (tertiary/aromatic N) is 3. The van der Waals surface area contributed by atoms with Crippen LogP contribution < -0.4 is 5.56 Å². The number of fused-ring (bicyclic) bond motifs is 1. The summed E-state index contributed by atoms with van der Waals surface area (Å²) in [5.41, 5.74) is 0.567. The highest BCUT2D eigenvalue weighted by Crippen LogP contribution is 2.28. The number of thioether (sulfide) groups is 1. The van der Waals surface area contributed by atoms with Gasteiger partial charge in [0, 0.05) is 18.7 Å². The summed E-state index contributed by atoms with van der Waals surface area (Å²) in [6.45, 7) is 0.917. The highest BCUT2D eigenvalue weighted by Gasteiger charge is 2.28. The molecule has 0 saturated carbocycles. The monoisotopic (exact) mass is 537 g/mol.